The Morgan fingerprint density at radius 3 is 1.68 bits per heavy atom. The fourth-order valence-corrected chi connectivity index (χ4v) is 6.70. The quantitative estimate of drug-likeness (QED) is 0.131. The van der Waals surface area contributed by atoms with Gasteiger partial charge in [0.15, 0.2) is 0 Å². The first-order valence-corrected chi connectivity index (χ1v) is 17.8. The van der Waals surface area contributed by atoms with Crippen molar-refractivity contribution in [3.63, 3.8) is 0 Å². The van der Waals surface area contributed by atoms with Crippen LogP contribution in [0.1, 0.15) is 62.0 Å². The second kappa shape index (κ2) is 15.6. The Bertz CT molecular complexity index is 1560. The number of sulfonamides is 1. The van der Waals surface area contributed by atoms with Crippen LogP contribution in [0.25, 0.3) is 10.0 Å². The fourth-order valence-electron chi connectivity index (χ4n) is 5.56. The Labute approximate surface area is 277 Å². The molecule has 2 N–H and O–H groups in total. The van der Waals surface area contributed by atoms with Gasteiger partial charge in [-0.3, -0.25) is 0 Å². The molecule has 0 bridgehead atoms. The van der Waals surface area contributed by atoms with E-state index in [0.717, 1.165) is 22.3 Å². The van der Waals surface area contributed by atoms with Gasteiger partial charge in [0, 0.05) is 16.5 Å². The molecule has 229 valence electrons. The van der Waals surface area contributed by atoms with Crippen LogP contribution in [-0.4, -0.2) is 8.42 Å². The molecule has 5 radical (unpaired) electrons. The van der Waals surface area contributed by atoms with Gasteiger partial charge in [-0.2, -0.15) is 0 Å². The monoisotopic (exact) mass is 712 g/mol. The Kier molecular flexibility index (Phi) is 12.2. The van der Waals surface area contributed by atoms with Gasteiger partial charge in [-0.1, -0.05) is 129 Å². The van der Waals surface area contributed by atoms with Gasteiger partial charge in [0.25, 0.3) is 0 Å². The Morgan fingerprint density at radius 2 is 1.14 bits per heavy atom. The zero-order chi connectivity index (χ0) is 31.9. The van der Waals surface area contributed by atoms with Crippen LogP contribution in [-0.2, 0) is 33.9 Å². The van der Waals surface area contributed by atoms with Crippen molar-refractivity contribution in [1.29, 1.82) is 0 Å². The fraction of sp³-hybridized carbons (Fsp3) is 0.194. The number of anilines is 1. The van der Waals surface area contributed by atoms with Crippen molar-refractivity contribution >= 4 is 25.4 Å². The number of rotatable bonds is 10. The van der Waals surface area contributed by atoms with Crippen molar-refractivity contribution in [3.8, 4) is 0 Å². The molecule has 2 atom stereocenters. The summed E-state index contributed by atoms with van der Waals surface area (Å²) in [6.45, 7) is 9.11. The van der Waals surface area contributed by atoms with Gasteiger partial charge < -0.3 is 15.8 Å². The van der Waals surface area contributed by atoms with Crippen LogP contribution in [0.4, 0.5) is 5.69 Å². The minimum atomic E-state index is -4.02. The Morgan fingerprint density at radius 1 is 0.659 bits per heavy atom. The molecule has 0 spiro atoms. The predicted molar refractivity (Wildman–Crippen MR) is 177 cm³/mol. The summed E-state index contributed by atoms with van der Waals surface area (Å²) in [7, 11) is 0.514. The van der Waals surface area contributed by atoms with E-state index >= 15 is 0 Å². The number of hydrogen-bond donors (Lipinski definition) is 1. The SMILES string of the molecule is C[C]1[C](C)[C](C)[C](c2ccccc2C[N-][C@@H](c2ccccc2)[C@@H]([N-]S(=O)(=O)c2ccc(N)cc2)c2ccccc2)[C]1C.[Cl][Rh+2]. The van der Waals surface area contributed by atoms with Crippen molar-refractivity contribution < 1.29 is 25.7 Å². The maximum absolute atomic E-state index is 13.6. The number of hydrogen-bond acceptors (Lipinski definition) is 3. The zero-order valence-corrected chi connectivity index (χ0v) is 28.4. The molecule has 0 amide bonds. The summed E-state index contributed by atoms with van der Waals surface area (Å²) in [5.41, 5.74) is 10.2. The third kappa shape index (κ3) is 7.81. The molecule has 1 aliphatic rings. The van der Waals surface area contributed by atoms with Crippen LogP contribution in [0.3, 0.4) is 0 Å². The van der Waals surface area contributed by atoms with Crippen LogP contribution < -0.4 is 5.73 Å². The molecule has 1 fully saturated rings. The molecule has 0 aliphatic heterocycles. The van der Waals surface area contributed by atoms with E-state index in [1.807, 2.05) is 84.0 Å². The minimum absolute atomic E-state index is 0.0997. The van der Waals surface area contributed by atoms with E-state index in [1.165, 1.54) is 41.7 Å². The molecule has 44 heavy (non-hydrogen) atoms. The van der Waals surface area contributed by atoms with Crippen LogP contribution in [0, 0.1) is 29.6 Å². The van der Waals surface area contributed by atoms with Gasteiger partial charge in [0.05, 0.1) is 0 Å². The van der Waals surface area contributed by atoms with Crippen molar-refractivity contribution in [1.82, 2.24) is 0 Å². The molecule has 0 aromatic heterocycles. The van der Waals surface area contributed by atoms with E-state index in [2.05, 4.69) is 60.3 Å². The van der Waals surface area contributed by atoms with Crippen molar-refractivity contribution in [2.24, 2.45) is 0 Å². The maximum atomic E-state index is 13.6. The predicted octanol–water partition coefficient (Wildman–Crippen LogP) is 9.39. The van der Waals surface area contributed by atoms with Gasteiger partial charge in [-0.25, -0.2) is 8.42 Å². The number of nitrogens with zero attached hydrogens (tertiary/aromatic N) is 2. The van der Waals surface area contributed by atoms with Crippen molar-refractivity contribution in [2.75, 3.05) is 5.73 Å². The zero-order valence-electron chi connectivity index (χ0n) is 25.2. The molecule has 8 heteroatoms. The van der Waals surface area contributed by atoms with Crippen LogP contribution >= 0.6 is 9.69 Å². The molecule has 4 aromatic rings. The van der Waals surface area contributed by atoms with Gasteiger partial charge in [0.2, 0.25) is 0 Å². The second-order valence-electron chi connectivity index (χ2n) is 10.7. The number of halogens is 1. The van der Waals surface area contributed by atoms with E-state index in [0.29, 0.717) is 12.2 Å². The number of benzene rings is 4. The third-order valence-electron chi connectivity index (χ3n) is 8.19. The molecular formula is C36H36ClN3O2RhS. The van der Waals surface area contributed by atoms with E-state index in [1.54, 1.807) is 12.1 Å². The molecule has 5 nitrogen and oxygen atoms in total. The van der Waals surface area contributed by atoms with Gasteiger partial charge >= 0.3 is 27.0 Å². The summed E-state index contributed by atoms with van der Waals surface area (Å²) >= 11 is 2.02. The molecular weight excluding hydrogens is 677 g/mol. The summed E-state index contributed by atoms with van der Waals surface area (Å²) in [4.78, 5) is 0.0997. The van der Waals surface area contributed by atoms with Crippen molar-refractivity contribution in [2.45, 2.75) is 51.2 Å². The Hall–Kier alpha value is -2.54. The van der Waals surface area contributed by atoms with E-state index in [-0.39, 0.29) is 4.90 Å². The summed E-state index contributed by atoms with van der Waals surface area (Å²) < 4.78 is 31.8. The van der Waals surface area contributed by atoms with Crippen LogP contribution in [0.5, 0.6) is 0 Å². The van der Waals surface area contributed by atoms with E-state index in [9.17, 15) is 8.42 Å². The van der Waals surface area contributed by atoms with Gasteiger partial charge in [-0.05, 0) is 53.5 Å². The molecule has 1 aliphatic carbocycles. The molecule has 0 saturated heterocycles. The number of nitrogens with two attached hydrogens (primary N) is 1. The molecule has 0 unspecified atom stereocenters. The first-order valence-electron chi connectivity index (χ1n) is 14.2. The van der Waals surface area contributed by atoms with Gasteiger partial charge in [0.1, 0.15) is 10.0 Å². The normalized spacial score (nSPS) is 16.8. The summed E-state index contributed by atoms with van der Waals surface area (Å²) in [5.74, 6) is 6.44. The second-order valence-corrected chi connectivity index (χ2v) is 12.4. The molecule has 4 aromatic carbocycles. The third-order valence-corrected chi connectivity index (χ3v) is 9.57. The molecule has 5 rings (SSSR count). The topological polar surface area (TPSA) is 88.4 Å². The summed E-state index contributed by atoms with van der Waals surface area (Å²) in [5, 5.41) is 5.23. The van der Waals surface area contributed by atoms with Gasteiger partial charge in [-0.15, -0.1) is 18.6 Å². The first-order chi connectivity index (χ1) is 21.2. The van der Waals surface area contributed by atoms with E-state index in [4.69, 9.17) is 11.1 Å². The van der Waals surface area contributed by atoms with Crippen LogP contribution in [0.15, 0.2) is 114 Å². The average molecular weight is 713 g/mol. The number of nitrogen functional groups attached to an aromatic ring is 1. The molecule has 0 heterocycles. The van der Waals surface area contributed by atoms with E-state index < -0.39 is 22.1 Å². The Balaban J connectivity index is 0.00000216. The summed E-state index contributed by atoms with van der Waals surface area (Å²) in [6.07, 6.45) is 0. The van der Waals surface area contributed by atoms with Crippen molar-refractivity contribution in [3.05, 3.63) is 171 Å². The average Bonchev–Trinajstić information content (AvgIpc) is 3.24. The summed E-state index contributed by atoms with van der Waals surface area (Å²) in [6, 6.07) is 32.5. The molecule has 1 saturated carbocycles. The van der Waals surface area contributed by atoms with Crippen LogP contribution in [0.2, 0.25) is 0 Å². The first kappa shape index (κ1) is 34.3. The standard InChI is InChI=1S/C36H36N3O2S.ClH.Rh/c1-24-25(2)27(4)34(26(24)3)33-18-12-11-17-30(33)23-38-35(28-13-7-5-8-14-28)36(29-15-9-6-10-16-29)39-42(40,41)32-21-19-31(37)20-22-32;;/h5-22,35-36H,23,37H2,1-4H3;1H;/q-2;;+3/p-1/t35-,36-;;/m0../s1.